The average molecular weight is 506 g/mol. The Hall–Kier alpha value is -3.36. The topological polar surface area (TPSA) is 80.0 Å². The number of furan rings is 1. The normalized spacial score (nSPS) is 21.5. The highest BCUT2D eigenvalue weighted by Crippen LogP contribution is 2.40. The minimum atomic E-state index is -0.810. The van der Waals surface area contributed by atoms with Crippen LogP contribution >= 0.6 is 24.0 Å². The average Bonchev–Trinajstić information content (AvgIpc) is 3.44. The number of carboxylic acids is 1. The van der Waals surface area contributed by atoms with Crippen LogP contribution in [0.4, 0.5) is 0 Å². The van der Waals surface area contributed by atoms with Crippen molar-refractivity contribution in [3.63, 3.8) is 0 Å². The summed E-state index contributed by atoms with van der Waals surface area (Å²) in [5, 5.41) is 9.40. The fraction of sp³-hybridized carbons (Fsp3) is 0.222. The van der Waals surface area contributed by atoms with Gasteiger partial charge in [0.2, 0.25) is 0 Å². The molecule has 178 valence electrons. The lowest BCUT2D eigenvalue weighted by atomic mass is 9.85. The van der Waals surface area contributed by atoms with Gasteiger partial charge in [-0.1, -0.05) is 60.7 Å². The minimum absolute atomic E-state index is 0.183. The van der Waals surface area contributed by atoms with E-state index in [1.807, 2.05) is 66.7 Å². The van der Waals surface area contributed by atoms with Crippen LogP contribution in [0.1, 0.15) is 31.4 Å². The molecule has 2 fully saturated rings. The summed E-state index contributed by atoms with van der Waals surface area (Å²) in [7, 11) is 0. The van der Waals surface area contributed by atoms with E-state index in [0.29, 0.717) is 39.3 Å². The fourth-order valence-corrected chi connectivity index (χ4v) is 5.88. The number of nitrogens with zero attached hydrogens (tertiary/aromatic N) is 1. The zero-order chi connectivity index (χ0) is 24.4. The van der Waals surface area contributed by atoms with Crippen molar-refractivity contribution in [3.8, 4) is 22.8 Å². The lowest BCUT2D eigenvalue weighted by Gasteiger charge is -2.32. The Labute approximate surface area is 212 Å². The number of benzene rings is 2. The summed E-state index contributed by atoms with van der Waals surface area (Å²) in [4.78, 5) is 26.7. The minimum Gasteiger partial charge on any atom is -0.481 e. The van der Waals surface area contributed by atoms with Crippen molar-refractivity contribution in [2.24, 2.45) is 5.92 Å². The van der Waals surface area contributed by atoms with E-state index in [0.717, 1.165) is 24.2 Å². The summed E-state index contributed by atoms with van der Waals surface area (Å²) in [5.41, 5.74) is 0.797. The molecule has 2 aromatic carbocycles. The molecule has 2 aliphatic rings. The highest BCUT2D eigenvalue weighted by atomic mass is 32.2. The van der Waals surface area contributed by atoms with Crippen LogP contribution in [-0.2, 0) is 9.59 Å². The quantitative estimate of drug-likeness (QED) is 0.299. The maximum absolute atomic E-state index is 13.2. The van der Waals surface area contributed by atoms with Gasteiger partial charge < -0.3 is 14.3 Å². The number of thiocarbonyl (C=S) groups is 1. The van der Waals surface area contributed by atoms with Crippen molar-refractivity contribution in [2.45, 2.75) is 31.7 Å². The summed E-state index contributed by atoms with van der Waals surface area (Å²) in [6.07, 6.45) is 4.29. The van der Waals surface area contributed by atoms with Crippen LogP contribution in [-0.4, -0.2) is 32.2 Å². The molecule has 2 atom stereocenters. The number of amides is 1. The number of thioether (sulfide) groups is 1. The Morgan fingerprint density at radius 1 is 1.09 bits per heavy atom. The number of hydrogen-bond acceptors (Lipinski definition) is 6. The van der Waals surface area contributed by atoms with E-state index in [4.69, 9.17) is 21.4 Å². The van der Waals surface area contributed by atoms with Crippen LogP contribution in [0, 0.1) is 5.92 Å². The van der Waals surface area contributed by atoms with Crippen molar-refractivity contribution in [1.29, 1.82) is 0 Å². The first kappa shape index (κ1) is 23.4. The number of aliphatic carboxylic acids is 1. The molecular weight excluding hydrogens is 482 g/mol. The highest BCUT2D eigenvalue weighted by Gasteiger charge is 2.40. The summed E-state index contributed by atoms with van der Waals surface area (Å²) in [6, 6.07) is 20.6. The van der Waals surface area contributed by atoms with E-state index in [1.165, 1.54) is 11.8 Å². The molecule has 8 heteroatoms. The van der Waals surface area contributed by atoms with Gasteiger partial charge in [0.15, 0.2) is 0 Å². The van der Waals surface area contributed by atoms with E-state index in [-0.39, 0.29) is 11.9 Å². The number of carboxylic acid groups (broad SMARTS) is 1. The van der Waals surface area contributed by atoms with Crippen LogP contribution < -0.4 is 4.74 Å². The predicted octanol–water partition coefficient (Wildman–Crippen LogP) is 6.58. The lowest BCUT2D eigenvalue weighted by molar-refractivity contribution is -0.144. The third-order valence-corrected chi connectivity index (χ3v) is 7.54. The summed E-state index contributed by atoms with van der Waals surface area (Å²) in [6.45, 7) is 0. The third kappa shape index (κ3) is 5.04. The van der Waals surface area contributed by atoms with Gasteiger partial charge in [-0.3, -0.25) is 14.5 Å². The molecule has 1 aromatic heterocycles. The zero-order valence-corrected chi connectivity index (χ0v) is 20.4. The van der Waals surface area contributed by atoms with Crippen LogP contribution in [0.3, 0.4) is 0 Å². The molecule has 2 unspecified atom stereocenters. The molecule has 1 aliphatic carbocycles. The van der Waals surface area contributed by atoms with Crippen molar-refractivity contribution < 1.29 is 23.8 Å². The van der Waals surface area contributed by atoms with E-state index < -0.39 is 11.9 Å². The second-order valence-corrected chi connectivity index (χ2v) is 10.2. The number of ether oxygens (including phenoxy) is 1. The zero-order valence-electron chi connectivity index (χ0n) is 18.8. The molecule has 2 heterocycles. The van der Waals surface area contributed by atoms with Crippen LogP contribution in [0.25, 0.3) is 17.4 Å². The van der Waals surface area contributed by atoms with Gasteiger partial charge in [-0.15, -0.1) is 0 Å². The second kappa shape index (κ2) is 10.1. The monoisotopic (exact) mass is 505 g/mol. The first-order valence-electron chi connectivity index (χ1n) is 11.4. The van der Waals surface area contributed by atoms with Crippen molar-refractivity contribution in [3.05, 3.63) is 77.4 Å². The van der Waals surface area contributed by atoms with Crippen LogP contribution in [0.15, 0.2) is 76.1 Å². The Kier molecular flexibility index (Phi) is 6.74. The maximum Gasteiger partial charge on any atom is 0.306 e. The first-order valence-corrected chi connectivity index (χ1v) is 12.6. The number of para-hydroxylation sites is 2. The third-order valence-electron chi connectivity index (χ3n) is 6.21. The molecule has 1 amide bonds. The molecule has 0 bridgehead atoms. The Morgan fingerprint density at radius 3 is 2.66 bits per heavy atom. The van der Waals surface area contributed by atoms with Crippen molar-refractivity contribution >= 4 is 46.3 Å². The fourth-order valence-electron chi connectivity index (χ4n) is 4.50. The van der Waals surface area contributed by atoms with Gasteiger partial charge in [0.1, 0.15) is 27.3 Å². The molecule has 1 N–H and O–H groups in total. The Bertz CT molecular complexity index is 1300. The van der Waals surface area contributed by atoms with Crippen molar-refractivity contribution in [2.75, 3.05) is 0 Å². The van der Waals surface area contributed by atoms with Crippen molar-refractivity contribution in [1.82, 2.24) is 4.90 Å². The van der Waals surface area contributed by atoms with Gasteiger partial charge in [-0.25, -0.2) is 0 Å². The van der Waals surface area contributed by atoms with E-state index in [1.54, 1.807) is 11.0 Å². The van der Waals surface area contributed by atoms with E-state index in [9.17, 15) is 14.7 Å². The van der Waals surface area contributed by atoms with Crippen LogP contribution in [0.5, 0.6) is 11.5 Å². The highest BCUT2D eigenvalue weighted by molar-refractivity contribution is 8.26. The predicted molar refractivity (Wildman–Crippen MR) is 139 cm³/mol. The van der Waals surface area contributed by atoms with Gasteiger partial charge in [-0.2, -0.15) is 0 Å². The van der Waals surface area contributed by atoms with E-state index in [2.05, 4.69) is 0 Å². The number of carbonyl (C=O) groups is 2. The van der Waals surface area contributed by atoms with Crippen LogP contribution in [0.2, 0.25) is 0 Å². The Balaban J connectivity index is 1.35. The molecule has 0 spiro atoms. The SMILES string of the molecule is O=C(O)C1CCCC(N2C(=O)/C(=C/c3ccc(-c4ccccc4Oc4ccccc4)o3)SC2=S)C1. The summed E-state index contributed by atoms with van der Waals surface area (Å²) >= 11 is 6.72. The molecule has 1 saturated carbocycles. The molecule has 0 radical (unpaired) electrons. The Morgan fingerprint density at radius 2 is 1.86 bits per heavy atom. The number of carbonyl (C=O) groups excluding carboxylic acids is 1. The van der Waals surface area contributed by atoms with E-state index >= 15 is 0 Å². The molecule has 1 aliphatic heterocycles. The maximum atomic E-state index is 13.2. The summed E-state index contributed by atoms with van der Waals surface area (Å²) in [5.74, 6) is 1.10. The van der Waals surface area contributed by atoms with Gasteiger partial charge >= 0.3 is 5.97 Å². The van der Waals surface area contributed by atoms with Gasteiger partial charge in [0, 0.05) is 12.1 Å². The number of hydrogen-bond donors (Lipinski definition) is 1. The smallest absolute Gasteiger partial charge is 0.306 e. The standard InChI is InChI=1S/C27H23NO5S2/c29-25-24(35-27(34)28(25)18-8-6-7-17(15-18)26(30)31)16-20-13-14-23(33-20)21-11-4-5-12-22(21)32-19-9-2-1-3-10-19/h1-5,9-14,16-18H,6-8,15H2,(H,30,31)/b24-16-. The second-order valence-electron chi connectivity index (χ2n) is 8.52. The van der Waals surface area contributed by atoms with Gasteiger partial charge in [0.05, 0.1) is 16.4 Å². The molecule has 5 rings (SSSR count). The largest absolute Gasteiger partial charge is 0.481 e. The first-order chi connectivity index (χ1) is 17.0. The molecule has 35 heavy (non-hydrogen) atoms. The molecular formula is C27H23NO5S2. The van der Waals surface area contributed by atoms with Gasteiger partial charge in [-0.05, 0) is 55.7 Å². The molecule has 1 saturated heterocycles. The summed E-state index contributed by atoms with van der Waals surface area (Å²) < 4.78 is 12.6. The molecule has 3 aromatic rings. The van der Waals surface area contributed by atoms with Gasteiger partial charge in [0.25, 0.3) is 5.91 Å². The lowest BCUT2D eigenvalue weighted by Crippen LogP contribution is -2.42. The number of rotatable bonds is 6. The molecule has 6 nitrogen and oxygen atoms in total.